The third-order valence-corrected chi connectivity index (χ3v) is 2.44. The van der Waals surface area contributed by atoms with Crippen molar-refractivity contribution in [2.75, 3.05) is 26.2 Å². The molecule has 0 N–H and O–H groups in total. The number of hydrogen-bond donors (Lipinski definition) is 0. The van der Waals surface area contributed by atoms with E-state index in [0.29, 0.717) is 0 Å². The summed E-state index contributed by atoms with van der Waals surface area (Å²) >= 11 is 0. The van der Waals surface area contributed by atoms with Gasteiger partial charge in [0, 0.05) is 0 Å². The van der Waals surface area contributed by atoms with Gasteiger partial charge in [0.25, 0.3) is 0 Å². The molecule has 0 aromatic heterocycles. The van der Waals surface area contributed by atoms with Gasteiger partial charge in [0.05, 0.1) is 26.2 Å². The van der Waals surface area contributed by atoms with Crippen LogP contribution in [-0.4, -0.2) is 30.7 Å². The van der Waals surface area contributed by atoms with Gasteiger partial charge in [-0.05, 0) is 38.2 Å². The lowest BCUT2D eigenvalue weighted by Crippen LogP contribution is -3.00. The molecule has 0 atom stereocenters. The molecule has 92 valence electrons. The molecule has 0 aromatic carbocycles. The van der Waals surface area contributed by atoms with Gasteiger partial charge in [-0.25, -0.2) is 0 Å². The van der Waals surface area contributed by atoms with Crippen LogP contribution in [-0.2, 0) is 0 Å². The van der Waals surface area contributed by atoms with Gasteiger partial charge in [0.15, 0.2) is 0 Å². The van der Waals surface area contributed by atoms with Crippen LogP contribution in [0.15, 0.2) is 49.6 Å². The fourth-order valence-electron chi connectivity index (χ4n) is 1.65. The van der Waals surface area contributed by atoms with Gasteiger partial charge in [-0.2, -0.15) is 0 Å². The fourth-order valence-corrected chi connectivity index (χ4v) is 1.65. The van der Waals surface area contributed by atoms with Crippen molar-refractivity contribution in [1.82, 2.24) is 0 Å². The van der Waals surface area contributed by atoms with Crippen molar-refractivity contribution >= 4 is 0 Å². The van der Waals surface area contributed by atoms with Crippen LogP contribution in [0, 0.1) is 0 Å². The Morgan fingerprint density at radius 3 is 1.50 bits per heavy atom. The summed E-state index contributed by atoms with van der Waals surface area (Å²) < 4.78 is 0.946. The third-order valence-electron chi connectivity index (χ3n) is 2.44. The highest BCUT2D eigenvalue weighted by atomic mass is 35.5. The largest absolute Gasteiger partial charge is 1.00 e. The summed E-state index contributed by atoms with van der Waals surface area (Å²) in [6, 6.07) is 0. The number of rotatable bonds is 8. The maximum absolute atomic E-state index is 3.83. The Balaban J connectivity index is 0. The highest BCUT2D eigenvalue weighted by molar-refractivity contribution is 4.94. The fraction of sp³-hybridized carbons (Fsp3) is 0.429. The zero-order valence-electron chi connectivity index (χ0n) is 10.6. The molecule has 2 heteroatoms. The average molecular weight is 242 g/mol. The highest BCUT2D eigenvalue weighted by Gasteiger charge is 2.20. The van der Waals surface area contributed by atoms with E-state index in [1.54, 1.807) is 0 Å². The Bertz CT molecular complexity index is 223. The molecule has 0 radical (unpaired) electrons. The zero-order chi connectivity index (χ0) is 11.7. The van der Waals surface area contributed by atoms with E-state index in [4.69, 9.17) is 0 Å². The summed E-state index contributed by atoms with van der Waals surface area (Å²) in [4.78, 5) is 0. The lowest BCUT2D eigenvalue weighted by Gasteiger charge is -2.35. The number of allylic oxidation sites excluding steroid dienone is 1. The first-order valence-corrected chi connectivity index (χ1v) is 5.41. The molecule has 0 aliphatic heterocycles. The van der Waals surface area contributed by atoms with Crippen LogP contribution in [0.3, 0.4) is 0 Å². The minimum atomic E-state index is 0. The maximum atomic E-state index is 3.83. The van der Waals surface area contributed by atoms with Crippen molar-refractivity contribution in [3.63, 3.8) is 0 Å². The molecule has 0 bridgehead atoms. The number of quaternary nitrogens is 1. The molecular formula is C14H24ClN. The van der Waals surface area contributed by atoms with Crippen molar-refractivity contribution in [2.24, 2.45) is 0 Å². The molecule has 1 nitrogen and oxygen atoms in total. The van der Waals surface area contributed by atoms with Crippen molar-refractivity contribution in [3.05, 3.63) is 49.6 Å². The normalized spacial score (nSPS) is 9.88. The predicted molar refractivity (Wildman–Crippen MR) is 69.8 cm³/mol. The Morgan fingerprint density at radius 2 is 1.25 bits per heavy atom. The van der Waals surface area contributed by atoms with E-state index in [1.165, 1.54) is 5.57 Å². The smallest absolute Gasteiger partial charge is 0.0983 e. The Morgan fingerprint density at radius 1 is 0.875 bits per heavy atom. The van der Waals surface area contributed by atoms with Crippen LogP contribution in [0.1, 0.15) is 13.8 Å². The molecule has 0 saturated heterocycles. The average Bonchev–Trinajstić information content (AvgIpc) is 2.16. The van der Waals surface area contributed by atoms with E-state index in [-0.39, 0.29) is 12.4 Å². The molecule has 0 amide bonds. The molecule has 0 fully saturated rings. The number of nitrogens with zero attached hydrogens (tertiary/aromatic N) is 1. The van der Waals surface area contributed by atoms with Crippen molar-refractivity contribution in [2.45, 2.75) is 13.8 Å². The van der Waals surface area contributed by atoms with Crippen molar-refractivity contribution in [3.8, 4) is 0 Å². The van der Waals surface area contributed by atoms with Gasteiger partial charge >= 0.3 is 0 Å². The monoisotopic (exact) mass is 241 g/mol. The summed E-state index contributed by atoms with van der Waals surface area (Å²) in [6.07, 6.45) is 8.21. The van der Waals surface area contributed by atoms with Gasteiger partial charge in [-0.1, -0.05) is 25.3 Å². The molecule has 0 heterocycles. The first-order valence-electron chi connectivity index (χ1n) is 5.41. The van der Waals surface area contributed by atoms with Crippen LogP contribution in [0.25, 0.3) is 0 Å². The van der Waals surface area contributed by atoms with E-state index >= 15 is 0 Å². The first-order chi connectivity index (χ1) is 7.10. The molecule has 0 saturated carbocycles. The van der Waals surface area contributed by atoms with Crippen LogP contribution in [0.5, 0.6) is 0 Å². The molecule has 0 rings (SSSR count). The first kappa shape index (κ1) is 17.6. The second-order valence-corrected chi connectivity index (χ2v) is 4.22. The zero-order valence-corrected chi connectivity index (χ0v) is 11.3. The second-order valence-electron chi connectivity index (χ2n) is 4.22. The van der Waals surface area contributed by atoms with Crippen molar-refractivity contribution in [1.29, 1.82) is 0 Å². The second kappa shape index (κ2) is 9.44. The quantitative estimate of drug-likeness (QED) is 0.425. The molecule has 0 unspecified atom stereocenters. The van der Waals surface area contributed by atoms with Crippen LogP contribution < -0.4 is 12.4 Å². The topological polar surface area (TPSA) is 0 Å². The minimum Gasteiger partial charge on any atom is -1.00 e. The Hall–Kier alpha value is -0.790. The molecule has 0 spiro atoms. The molecule has 0 aromatic rings. The summed E-state index contributed by atoms with van der Waals surface area (Å²) in [5.41, 5.74) is 1.36. The van der Waals surface area contributed by atoms with Gasteiger partial charge in [0.1, 0.15) is 0 Å². The minimum absolute atomic E-state index is 0. The molecule has 16 heavy (non-hydrogen) atoms. The van der Waals surface area contributed by atoms with E-state index in [1.807, 2.05) is 18.2 Å². The van der Waals surface area contributed by atoms with Crippen LogP contribution in [0.2, 0.25) is 0 Å². The van der Waals surface area contributed by atoms with E-state index in [0.717, 1.165) is 30.7 Å². The third kappa shape index (κ3) is 6.65. The van der Waals surface area contributed by atoms with E-state index in [2.05, 4.69) is 39.7 Å². The number of hydrogen-bond acceptors (Lipinski definition) is 0. The maximum Gasteiger partial charge on any atom is 0.0983 e. The summed E-state index contributed by atoms with van der Waals surface area (Å²) in [5.74, 6) is 0. The van der Waals surface area contributed by atoms with Crippen LogP contribution in [0.4, 0.5) is 0 Å². The summed E-state index contributed by atoms with van der Waals surface area (Å²) in [5, 5.41) is 0. The van der Waals surface area contributed by atoms with Gasteiger partial charge in [-0.3, -0.25) is 0 Å². The predicted octanol–water partition coefficient (Wildman–Crippen LogP) is 0.331. The molecular weight excluding hydrogens is 218 g/mol. The Kier molecular flexibility index (Phi) is 10.4. The van der Waals surface area contributed by atoms with Gasteiger partial charge < -0.3 is 16.9 Å². The number of halogens is 1. The van der Waals surface area contributed by atoms with E-state index < -0.39 is 0 Å². The van der Waals surface area contributed by atoms with Crippen LogP contribution >= 0.6 is 0 Å². The highest BCUT2D eigenvalue weighted by Crippen LogP contribution is 2.09. The van der Waals surface area contributed by atoms with Gasteiger partial charge in [-0.15, -0.1) is 0 Å². The van der Waals surface area contributed by atoms with Gasteiger partial charge in [0.2, 0.25) is 0 Å². The lowest BCUT2D eigenvalue weighted by atomic mass is 10.2. The Labute approximate surface area is 107 Å². The summed E-state index contributed by atoms with van der Waals surface area (Å²) in [6.45, 7) is 19.7. The summed E-state index contributed by atoms with van der Waals surface area (Å²) in [7, 11) is 0. The van der Waals surface area contributed by atoms with Crippen molar-refractivity contribution < 1.29 is 16.9 Å². The SMILES string of the molecule is C=CC[N+](CC=C)(CC=C)CC=C(C)C.[Cl-]. The lowest BCUT2D eigenvalue weighted by molar-refractivity contribution is -0.906. The molecule has 0 aliphatic rings. The van der Waals surface area contributed by atoms with E-state index in [9.17, 15) is 0 Å². The standard InChI is InChI=1S/C14H24N.ClH/c1-6-10-15(11-7-2,12-8-3)13-9-14(4)5;/h6-9H,1-3,10-13H2,4-5H3;1H/q+1;/p-1. The molecule has 0 aliphatic carbocycles.